The fourth-order valence-corrected chi connectivity index (χ4v) is 1.80. The molecular formula is C13H13N3O4. The standard InChI is InChI=1S/C13H13N3O4/c1-15-8-10(16(19)20)6-11(15)13(18)14-7-9-4-2-3-5-12(9)17/h2-6,8,17H,7H2,1H3,(H,14,18). The smallest absolute Gasteiger partial charge is 0.287 e. The first kappa shape index (κ1) is 13.6. The summed E-state index contributed by atoms with van der Waals surface area (Å²) in [5.74, 6) is -0.352. The van der Waals surface area contributed by atoms with Crippen LogP contribution in [0.3, 0.4) is 0 Å². The molecule has 0 unspecified atom stereocenters. The second-order valence-corrected chi connectivity index (χ2v) is 4.26. The van der Waals surface area contributed by atoms with Crippen molar-refractivity contribution in [2.45, 2.75) is 6.54 Å². The number of hydrogen-bond acceptors (Lipinski definition) is 4. The van der Waals surface area contributed by atoms with Crippen LogP contribution in [0.4, 0.5) is 5.69 Å². The number of phenols is 1. The quantitative estimate of drug-likeness (QED) is 0.653. The molecule has 1 aromatic heterocycles. The molecular weight excluding hydrogens is 262 g/mol. The Kier molecular flexibility index (Phi) is 3.69. The van der Waals surface area contributed by atoms with Gasteiger partial charge in [0.25, 0.3) is 11.6 Å². The highest BCUT2D eigenvalue weighted by atomic mass is 16.6. The van der Waals surface area contributed by atoms with E-state index in [1.54, 1.807) is 25.2 Å². The van der Waals surface area contributed by atoms with Crippen LogP contribution in [0.25, 0.3) is 0 Å². The maximum Gasteiger partial charge on any atom is 0.287 e. The van der Waals surface area contributed by atoms with Gasteiger partial charge in [-0.05, 0) is 6.07 Å². The minimum Gasteiger partial charge on any atom is -0.508 e. The summed E-state index contributed by atoms with van der Waals surface area (Å²) in [5, 5.41) is 22.8. The summed E-state index contributed by atoms with van der Waals surface area (Å²) >= 11 is 0. The number of nitrogens with one attached hydrogen (secondary N) is 1. The molecule has 1 heterocycles. The van der Waals surface area contributed by atoms with Gasteiger partial charge in [-0.2, -0.15) is 0 Å². The number of aromatic hydroxyl groups is 1. The van der Waals surface area contributed by atoms with Gasteiger partial charge in [0.15, 0.2) is 0 Å². The van der Waals surface area contributed by atoms with Crippen molar-refractivity contribution in [3.8, 4) is 5.75 Å². The van der Waals surface area contributed by atoms with E-state index < -0.39 is 10.8 Å². The molecule has 2 N–H and O–H groups in total. The fourth-order valence-electron chi connectivity index (χ4n) is 1.80. The molecule has 1 amide bonds. The number of amides is 1. The van der Waals surface area contributed by atoms with E-state index in [-0.39, 0.29) is 23.7 Å². The number of para-hydroxylation sites is 1. The van der Waals surface area contributed by atoms with Gasteiger partial charge in [0.2, 0.25) is 0 Å². The van der Waals surface area contributed by atoms with Crippen LogP contribution in [0.15, 0.2) is 36.5 Å². The number of benzene rings is 1. The van der Waals surface area contributed by atoms with Gasteiger partial charge in [0, 0.05) is 25.2 Å². The Morgan fingerprint density at radius 3 is 2.75 bits per heavy atom. The average Bonchev–Trinajstić information content (AvgIpc) is 2.80. The van der Waals surface area contributed by atoms with Crippen molar-refractivity contribution in [2.24, 2.45) is 7.05 Å². The molecule has 2 aromatic rings. The lowest BCUT2D eigenvalue weighted by Crippen LogP contribution is -2.24. The Balaban J connectivity index is 2.09. The Bertz CT molecular complexity index is 663. The number of carbonyl (C=O) groups excluding carboxylic acids is 1. The first-order valence-corrected chi connectivity index (χ1v) is 5.85. The Hall–Kier alpha value is -2.83. The summed E-state index contributed by atoms with van der Waals surface area (Å²) < 4.78 is 1.39. The Labute approximate surface area is 114 Å². The van der Waals surface area contributed by atoms with Crippen LogP contribution in [0.5, 0.6) is 5.75 Å². The van der Waals surface area contributed by atoms with Gasteiger partial charge >= 0.3 is 0 Å². The van der Waals surface area contributed by atoms with Gasteiger partial charge in [-0.25, -0.2) is 0 Å². The third-order valence-corrected chi connectivity index (χ3v) is 2.86. The number of aromatic nitrogens is 1. The van der Waals surface area contributed by atoms with Gasteiger partial charge < -0.3 is 15.0 Å². The summed E-state index contributed by atoms with van der Waals surface area (Å²) in [6, 6.07) is 7.84. The van der Waals surface area contributed by atoms with E-state index in [2.05, 4.69) is 5.32 Å². The monoisotopic (exact) mass is 275 g/mol. The van der Waals surface area contributed by atoms with E-state index in [1.807, 2.05) is 0 Å². The predicted octanol–water partition coefficient (Wildman–Crippen LogP) is 1.57. The minimum absolute atomic E-state index is 0.0886. The zero-order chi connectivity index (χ0) is 14.7. The van der Waals surface area contributed by atoms with Crippen LogP contribution in [-0.2, 0) is 13.6 Å². The predicted molar refractivity (Wildman–Crippen MR) is 71.3 cm³/mol. The zero-order valence-corrected chi connectivity index (χ0v) is 10.7. The van der Waals surface area contributed by atoms with Crippen molar-refractivity contribution in [1.82, 2.24) is 9.88 Å². The van der Waals surface area contributed by atoms with Crippen LogP contribution >= 0.6 is 0 Å². The topological polar surface area (TPSA) is 97.4 Å². The number of nitro groups is 1. The molecule has 0 radical (unpaired) electrons. The van der Waals surface area contributed by atoms with Crippen LogP contribution in [-0.4, -0.2) is 20.5 Å². The van der Waals surface area contributed by atoms with Crippen molar-refractivity contribution in [3.05, 3.63) is 57.9 Å². The molecule has 0 bridgehead atoms. The maximum absolute atomic E-state index is 11.9. The van der Waals surface area contributed by atoms with Crippen molar-refractivity contribution < 1.29 is 14.8 Å². The molecule has 20 heavy (non-hydrogen) atoms. The SMILES string of the molecule is Cn1cc([N+](=O)[O-])cc1C(=O)NCc1ccccc1O. The Morgan fingerprint density at radius 1 is 1.45 bits per heavy atom. The molecule has 104 valence electrons. The van der Waals surface area contributed by atoms with Gasteiger partial charge in [-0.1, -0.05) is 18.2 Å². The first-order valence-electron chi connectivity index (χ1n) is 5.85. The number of hydrogen-bond donors (Lipinski definition) is 2. The fraction of sp³-hybridized carbons (Fsp3) is 0.154. The van der Waals surface area contributed by atoms with Crippen molar-refractivity contribution >= 4 is 11.6 Å². The molecule has 0 spiro atoms. The van der Waals surface area contributed by atoms with Crippen LogP contribution in [0, 0.1) is 10.1 Å². The second-order valence-electron chi connectivity index (χ2n) is 4.26. The molecule has 0 fully saturated rings. The highest BCUT2D eigenvalue weighted by molar-refractivity contribution is 5.93. The van der Waals surface area contributed by atoms with E-state index in [0.29, 0.717) is 5.56 Å². The van der Waals surface area contributed by atoms with Gasteiger partial charge in [0.1, 0.15) is 11.4 Å². The normalized spacial score (nSPS) is 10.2. The largest absolute Gasteiger partial charge is 0.508 e. The summed E-state index contributed by atoms with van der Waals surface area (Å²) in [5.41, 5.74) is 0.622. The van der Waals surface area contributed by atoms with E-state index >= 15 is 0 Å². The second kappa shape index (κ2) is 5.43. The van der Waals surface area contributed by atoms with Gasteiger partial charge in [-0.3, -0.25) is 14.9 Å². The first-order chi connectivity index (χ1) is 9.49. The van der Waals surface area contributed by atoms with Crippen molar-refractivity contribution in [1.29, 1.82) is 0 Å². The molecule has 7 nitrogen and oxygen atoms in total. The molecule has 0 aliphatic rings. The average molecular weight is 275 g/mol. The van der Waals surface area contributed by atoms with E-state index in [0.717, 1.165) is 0 Å². The third-order valence-electron chi connectivity index (χ3n) is 2.86. The molecule has 0 saturated carbocycles. The molecule has 1 aromatic carbocycles. The van der Waals surface area contributed by atoms with Crippen LogP contribution in [0.1, 0.15) is 16.1 Å². The summed E-state index contributed by atoms with van der Waals surface area (Å²) in [7, 11) is 1.56. The van der Waals surface area contributed by atoms with Crippen molar-refractivity contribution in [2.75, 3.05) is 0 Å². The van der Waals surface area contributed by atoms with Crippen LogP contribution in [0.2, 0.25) is 0 Å². The summed E-state index contributed by atoms with van der Waals surface area (Å²) in [6.07, 6.45) is 1.27. The molecule has 0 saturated heterocycles. The van der Waals surface area contributed by atoms with E-state index in [1.165, 1.54) is 22.9 Å². The Morgan fingerprint density at radius 2 is 2.15 bits per heavy atom. The molecule has 0 aliphatic heterocycles. The number of rotatable bonds is 4. The molecule has 0 aliphatic carbocycles. The number of aryl methyl sites for hydroxylation is 1. The lowest BCUT2D eigenvalue weighted by Gasteiger charge is -2.07. The number of nitrogens with zero attached hydrogens (tertiary/aromatic N) is 2. The minimum atomic E-state index is -0.556. The molecule has 7 heteroatoms. The third kappa shape index (κ3) is 2.77. The number of phenolic OH excluding ortho intramolecular Hbond substituents is 1. The summed E-state index contributed by atoms with van der Waals surface area (Å²) in [6.45, 7) is 0.143. The van der Waals surface area contributed by atoms with E-state index in [4.69, 9.17) is 0 Å². The molecule has 0 atom stereocenters. The number of carbonyl (C=O) groups is 1. The zero-order valence-electron chi connectivity index (χ0n) is 10.7. The van der Waals surface area contributed by atoms with E-state index in [9.17, 15) is 20.0 Å². The van der Waals surface area contributed by atoms with Crippen molar-refractivity contribution in [3.63, 3.8) is 0 Å². The maximum atomic E-state index is 11.9. The highest BCUT2D eigenvalue weighted by Gasteiger charge is 2.17. The van der Waals surface area contributed by atoms with Gasteiger partial charge in [-0.15, -0.1) is 0 Å². The van der Waals surface area contributed by atoms with Gasteiger partial charge in [0.05, 0.1) is 11.1 Å². The highest BCUT2D eigenvalue weighted by Crippen LogP contribution is 2.17. The van der Waals surface area contributed by atoms with Crippen LogP contribution < -0.4 is 5.32 Å². The molecule has 2 rings (SSSR count). The summed E-state index contributed by atoms with van der Waals surface area (Å²) in [4.78, 5) is 22.0. The lowest BCUT2D eigenvalue weighted by atomic mass is 10.2. The lowest BCUT2D eigenvalue weighted by molar-refractivity contribution is -0.384.